The molecule has 1 heterocycles. The standard InChI is InChI=1S/C14H22ClNS/c1-2-11-5-3-4-6-13(11)16-10-9-12-7-8-14(15)17-12/h7-8,11,13,16H,2-6,9-10H2,1H3. The van der Waals surface area contributed by atoms with E-state index >= 15 is 0 Å². The normalized spacial score (nSPS) is 25.1. The van der Waals surface area contributed by atoms with Crippen LogP contribution in [0.1, 0.15) is 43.9 Å². The van der Waals surface area contributed by atoms with Crippen molar-refractivity contribution in [3.05, 3.63) is 21.3 Å². The van der Waals surface area contributed by atoms with Gasteiger partial charge in [0.2, 0.25) is 0 Å². The fourth-order valence-corrected chi connectivity index (χ4v) is 3.92. The second-order valence-electron chi connectivity index (χ2n) is 4.97. The van der Waals surface area contributed by atoms with E-state index in [4.69, 9.17) is 11.6 Å². The van der Waals surface area contributed by atoms with Crippen molar-refractivity contribution in [1.29, 1.82) is 0 Å². The Morgan fingerprint density at radius 1 is 1.35 bits per heavy atom. The van der Waals surface area contributed by atoms with Crippen LogP contribution in [0.3, 0.4) is 0 Å². The lowest BCUT2D eigenvalue weighted by Gasteiger charge is -2.31. The summed E-state index contributed by atoms with van der Waals surface area (Å²) in [4.78, 5) is 1.39. The van der Waals surface area contributed by atoms with Crippen LogP contribution in [0.2, 0.25) is 4.34 Å². The predicted octanol–water partition coefficient (Wildman–Crippen LogP) is 4.50. The fourth-order valence-electron chi connectivity index (χ4n) is 2.83. The third kappa shape index (κ3) is 3.97. The molecule has 2 rings (SSSR count). The molecule has 17 heavy (non-hydrogen) atoms. The molecule has 1 aliphatic rings. The quantitative estimate of drug-likeness (QED) is 0.831. The smallest absolute Gasteiger partial charge is 0.0931 e. The average molecular weight is 272 g/mol. The molecule has 2 unspecified atom stereocenters. The van der Waals surface area contributed by atoms with Gasteiger partial charge in [-0.1, -0.05) is 37.8 Å². The van der Waals surface area contributed by atoms with Crippen LogP contribution in [0, 0.1) is 5.92 Å². The second kappa shape index (κ2) is 6.77. The Hall–Kier alpha value is -0.0500. The number of nitrogens with one attached hydrogen (secondary N) is 1. The summed E-state index contributed by atoms with van der Waals surface area (Å²) in [5.74, 6) is 0.899. The lowest BCUT2D eigenvalue weighted by Crippen LogP contribution is -2.39. The summed E-state index contributed by atoms with van der Waals surface area (Å²) in [5.41, 5.74) is 0. The third-order valence-corrected chi connectivity index (χ3v) is 5.13. The lowest BCUT2D eigenvalue weighted by atomic mass is 9.83. The minimum absolute atomic E-state index is 0.754. The fraction of sp³-hybridized carbons (Fsp3) is 0.714. The molecule has 0 aromatic carbocycles. The molecule has 0 amide bonds. The minimum atomic E-state index is 0.754. The van der Waals surface area contributed by atoms with Gasteiger partial charge in [0.1, 0.15) is 0 Å². The molecule has 0 aliphatic heterocycles. The van der Waals surface area contributed by atoms with Crippen molar-refractivity contribution in [3.63, 3.8) is 0 Å². The van der Waals surface area contributed by atoms with Gasteiger partial charge in [-0.05, 0) is 37.3 Å². The van der Waals surface area contributed by atoms with E-state index in [9.17, 15) is 0 Å². The molecular weight excluding hydrogens is 250 g/mol. The van der Waals surface area contributed by atoms with E-state index < -0.39 is 0 Å². The van der Waals surface area contributed by atoms with Gasteiger partial charge in [0, 0.05) is 17.5 Å². The van der Waals surface area contributed by atoms with Gasteiger partial charge < -0.3 is 5.32 Å². The number of hydrogen-bond acceptors (Lipinski definition) is 2. The van der Waals surface area contributed by atoms with Crippen LogP contribution in [0.4, 0.5) is 0 Å². The van der Waals surface area contributed by atoms with Gasteiger partial charge in [-0.25, -0.2) is 0 Å². The molecule has 1 aromatic rings. The molecular formula is C14H22ClNS. The van der Waals surface area contributed by atoms with Crippen LogP contribution >= 0.6 is 22.9 Å². The first-order valence-electron chi connectivity index (χ1n) is 6.77. The van der Waals surface area contributed by atoms with Gasteiger partial charge in [-0.2, -0.15) is 0 Å². The second-order valence-corrected chi connectivity index (χ2v) is 6.77. The summed E-state index contributed by atoms with van der Waals surface area (Å²) < 4.78 is 0.907. The average Bonchev–Trinajstić information content (AvgIpc) is 2.76. The van der Waals surface area contributed by atoms with Crippen LogP contribution < -0.4 is 5.32 Å². The number of thiophene rings is 1. The van der Waals surface area contributed by atoms with E-state index in [1.165, 1.54) is 37.0 Å². The maximum atomic E-state index is 5.93. The van der Waals surface area contributed by atoms with Gasteiger partial charge in [0.05, 0.1) is 4.34 Å². The molecule has 0 saturated heterocycles. The summed E-state index contributed by atoms with van der Waals surface area (Å²) in [6.07, 6.45) is 8.05. The largest absolute Gasteiger partial charge is 0.313 e. The van der Waals surface area contributed by atoms with Crippen LogP contribution in [-0.4, -0.2) is 12.6 Å². The van der Waals surface area contributed by atoms with Crippen LogP contribution in [0.25, 0.3) is 0 Å². The van der Waals surface area contributed by atoms with Crippen molar-refractivity contribution in [3.8, 4) is 0 Å². The van der Waals surface area contributed by atoms with E-state index in [0.717, 1.165) is 29.3 Å². The van der Waals surface area contributed by atoms with Crippen molar-refractivity contribution < 1.29 is 0 Å². The summed E-state index contributed by atoms with van der Waals surface area (Å²) in [5, 5.41) is 3.74. The van der Waals surface area contributed by atoms with Gasteiger partial charge in [-0.3, -0.25) is 0 Å². The lowest BCUT2D eigenvalue weighted by molar-refractivity contribution is 0.257. The van der Waals surface area contributed by atoms with E-state index in [-0.39, 0.29) is 0 Å². The van der Waals surface area contributed by atoms with Crippen molar-refractivity contribution in [2.75, 3.05) is 6.54 Å². The maximum absolute atomic E-state index is 5.93. The molecule has 1 nitrogen and oxygen atoms in total. The highest BCUT2D eigenvalue weighted by atomic mass is 35.5. The summed E-state index contributed by atoms with van der Waals surface area (Å²) in [6.45, 7) is 3.42. The van der Waals surface area contributed by atoms with E-state index in [0.29, 0.717) is 0 Å². The van der Waals surface area contributed by atoms with Gasteiger partial charge in [-0.15, -0.1) is 11.3 Å². The Kier molecular flexibility index (Phi) is 5.33. The zero-order valence-corrected chi connectivity index (χ0v) is 12.1. The van der Waals surface area contributed by atoms with Crippen molar-refractivity contribution in [2.24, 2.45) is 5.92 Å². The molecule has 1 aliphatic carbocycles. The number of halogens is 1. The third-order valence-electron chi connectivity index (χ3n) is 3.84. The highest BCUT2D eigenvalue weighted by Gasteiger charge is 2.22. The Morgan fingerprint density at radius 3 is 2.88 bits per heavy atom. The van der Waals surface area contributed by atoms with E-state index in [1.807, 2.05) is 6.07 Å². The molecule has 3 heteroatoms. The first-order valence-corrected chi connectivity index (χ1v) is 7.96. The number of rotatable bonds is 5. The first kappa shape index (κ1) is 13.4. The monoisotopic (exact) mass is 271 g/mol. The Labute approximate surface area is 114 Å². The van der Waals surface area contributed by atoms with Gasteiger partial charge >= 0.3 is 0 Å². The molecule has 0 spiro atoms. The molecule has 1 saturated carbocycles. The van der Waals surface area contributed by atoms with Crippen molar-refractivity contribution in [1.82, 2.24) is 5.32 Å². The minimum Gasteiger partial charge on any atom is -0.313 e. The van der Waals surface area contributed by atoms with Crippen LogP contribution in [0.15, 0.2) is 12.1 Å². The number of hydrogen-bond donors (Lipinski definition) is 1. The van der Waals surface area contributed by atoms with E-state index in [2.05, 4.69) is 18.3 Å². The predicted molar refractivity (Wildman–Crippen MR) is 77.1 cm³/mol. The van der Waals surface area contributed by atoms with Crippen molar-refractivity contribution in [2.45, 2.75) is 51.5 Å². The SMILES string of the molecule is CCC1CCCCC1NCCc1ccc(Cl)s1. The molecule has 1 N–H and O–H groups in total. The van der Waals surface area contributed by atoms with Gasteiger partial charge in [0.25, 0.3) is 0 Å². The molecule has 1 fully saturated rings. The molecule has 2 atom stereocenters. The Balaban J connectivity index is 1.73. The van der Waals surface area contributed by atoms with Crippen LogP contribution in [0.5, 0.6) is 0 Å². The summed E-state index contributed by atoms with van der Waals surface area (Å²) in [6, 6.07) is 4.90. The van der Waals surface area contributed by atoms with Crippen LogP contribution in [-0.2, 0) is 6.42 Å². The van der Waals surface area contributed by atoms with E-state index in [1.54, 1.807) is 11.3 Å². The highest BCUT2D eigenvalue weighted by Crippen LogP contribution is 2.27. The summed E-state index contributed by atoms with van der Waals surface area (Å²) in [7, 11) is 0. The maximum Gasteiger partial charge on any atom is 0.0931 e. The zero-order chi connectivity index (χ0) is 12.1. The molecule has 96 valence electrons. The Morgan fingerprint density at radius 2 is 2.18 bits per heavy atom. The topological polar surface area (TPSA) is 12.0 Å². The molecule has 0 radical (unpaired) electrons. The van der Waals surface area contributed by atoms with Crippen molar-refractivity contribution >= 4 is 22.9 Å². The molecule has 0 bridgehead atoms. The van der Waals surface area contributed by atoms with Gasteiger partial charge in [0.15, 0.2) is 0 Å². The summed E-state index contributed by atoms with van der Waals surface area (Å²) >= 11 is 7.64. The molecule has 1 aromatic heterocycles. The Bertz CT molecular complexity index is 337. The zero-order valence-electron chi connectivity index (χ0n) is 10.5. The first-order chi connectivity index (χ1) is 8.29. The highest BCUT2D eigenvalue weighted by molar-refractivity contribution is 7.16.